The fourth-order valence-electron chi connectivity index (χ4n) is 2.60. The Morgan fingerprint density at radius 3 is 2.50 bits per heavy atom. The summed E-state index contributed by atoms with van der Waals surface area (Å²) in [4.78, 5) is 13.4. The Balaban J connectivity index is 1.77. The van der Waals surface area contributed by atoms with Crippen LogP contribution in [0.1, 0.15) is 32.1 Å². The second kappa shape index (κ2) is 5.15. The van der Waals surface area contributed by atoms with Crippen LogP contribution in [0.2, 0.25) is 0 Å². The Morgan fingerprint density at radius 1 is 1.31 bits per heavy atom. The van der Waals surface area contributed by atoms with E-state index in [0.29, 0.717) is 5.92 Å². The van der Waals surface area contributed by atoms with Crippen molar-refractivity contribution in [1.82, 2.24) is 4.90 Å². The molecule has 16 heavy (non-hydrogen) atoms. The third-order valence-corrected chi connectivity index (χ3v) is 3.79. The summed E-state index contributed by atoms with van der Waals surface area (Å²) in [5.74, 6) is 0.575. The SMILES string of the molecule is CN1CCC(OC2CCC(CO)CC2)C1=O. The van der Waals surface area contributed by atoms with Gasteiger partial charge < -0.3 is 14.7 Å². The van der Waals surface area contributed by atoms with E-state index in [-0.39, 0.29) is 24.7 Å². The summed E-state index contributed by atoms with van der Waals surface area (Å²) in [5.41, 5.74) is 0. The van der Waals surface area contributed by atoms with Crippen molar-refractivity contribution in [3.05, 3.63) is 0 Å². The maximum atomic E-state index is 11.7. The van der Waals surface area contributed by atoms with Crippen molar-refractivity contribution in [3.63, 3.8) is 0 Å². The maximum Gasteiger partial charge on any atom is 0.251 e. The molecule has 0 aromatic carbocycles. The number of amides is 1. The molecule has 4 nitrogen and oxygen atoms in total. The van der Waals surface area contributed by atoms with E-state index >= 15 is 0 Å². The molecule has 0 bridgehead atoms. The summed E-state index contributed by atoms with van der Waals surface area (Å²) in [5, 5.41) is 9.04. The van der Waals surface area contributed by atoms with E-state index in [1.807, 2.05) is 7.05 Å². The number of likely N-dealkylation sites (N-methyl/N-ethyl adjacent to an activating group) is 1. The van der Waals surface area contributed by atoms with E-state index in [4.69, 9.17) is 9.84 Å². The van der Waals surface area contributed by atoms with E-state index in [2.05, 4.69) is 0 Å². The zero-order valence-corrected chi connectivity index (χ0v) is 9.89. The summed E-state index contributed by atoms with van der Waals surface area (Å²) in [6, 6.07) is 0. The topological polar surface area (TPSA) is 49.8 Å². The molecule has 1 unspecified atom stereocenters. The van der Waals surface area contributed by atoms with Crippen LogP contribution in [0.15, 0.2) is 0 Å². The number of ether oxygens (including phenoxy) is 1. The van der Waals surface area contributed by atoms with Gasteiger partial charge in [-0.25, -0.2) is 0 Å². The van der Waals surface area contributed by atoms with Crippen LogP contribution in [-0.2, 0) is 9.53 Å². The minimum atomic E-state index is -0.208. The van der Waals surface area contributed by atoms with Crippen molar-refractivity contribution in [2.24, 2.45) is 5.92 Å². The van der Waals surface area contributed by atoms with Crippen molar-refractivity contribution in [2.75, 3.05) is 20.2 Å². The number of carbonyl (C=O) groups excluding carboxylic acids is 1. The molecule has 2 aliphatic rings. The number of hydrogen-bond acceptors (Lipinski definition) is 3. The fourth-order valence-corrected chi connectivity index (χ4v) is 2.60. The Hall–Kier alpha value is -0.610. The summed E-state index contributed by atoms with van der Waals surface area (Å²) in [6.45, 7) is 1.10. The molecule has 0 aromatic heterocycles. The molecule has 0 spiro atoms. The van der Waals surface area contributed by atoms with E-state index < -0.39 is 0 Å². The monoisotopic (exact) mass is 227 g/mol. The first-order valence-electron chi connectivity index (χ1n) is 6.22. The van der Waals surface area contributed by atoms with Crippen LogP contribution in [0.3, 0.4) is 0 Å². The predicted octanol–water partition coefficient (Wildman–Crippen LogP) is 0.785. The lowest BCUT2D eigenvalue weighted by atomic mass is 9.88. The van der Waals surface area contributed by atoms with Gasteiger partial charge in [-0.3, -0.25) is 4.79 Å². The van der Waals surface area contributed by atoms with Gasteiger partial charge >= 0.3 is 0 Å². The van der Waals surface area contributed by atoms with E-state index in [0.717, 1.165) is 38.6 Å². The second-order valence-electron chi connectivity index (χ2n) is 5.00. The van der Waals surface area contributed by atoms with Crippen molar-refractivity contribution in [3.8, 4) is 0 Å². The van der Waals surface area contributed by atoms with Gasteiger partial charge in [0.15, 0.2) is 0 Å². The maximum absolute atomic E-state index is 11.7. The number of nitrogens with zero attached hydrogens (tertiary/aromatic N) is 1. The zero-order chi connectivity index (χ0) is 11.5. The fraction of sp³-hybridized carbons (Fsp3) is 0.917. The van der Waals surface area contributed by atoms with Crippen LogP contribution in [0.25, 0.3) is 0 Å². The highest BCUT2D eigenvalue weighted by atomic mass is 16.5. The number of carbonyl (C=O) groups is 1. The van der Waals surface area contributed by atoms with E-state index in [1.54, 1.807) is 4.90 Å². The number of aliphatic hydroxyl groups excluding tert-OH is 1. The van der Waals surface area contributed by atoms with Crippen LogP contribution in [0.5, 0.6) is 0 Å². The van der Waals surface area contributed by atoms with E-state index in [1.165, 1.54) is 0 Å². The molecule has 1 amide bonds. The molecule has 1 saturated heterocycles. The largest absolute Gasteiger partial charge is 0.396 e. The number of hydrogen-bond donors (Lipinski definition) is 1. The molecule has 0 aromatic rings. The van der Waals surface area contributed by atoms with Gasteiger partial charge in [0.1, 0.15) is 6.10 Å². The first-order chi connectivity index (χ1) is 7.70. The third kappa shape index (κ3) is 2.55. The second-order valence-corrected chi connectivity index (χ2v) is 5.00. The Bertz CT molecular complexity index is 249. The first kappa shape index (κ1) is 11.9. The summed E-state index contributed by atoms with van der Waals surface area (Å²) in [6.07, 6.45) is 4.87. The van der Waals surface area contributed by atoms with Gasteiger partial charge in [0, 0.05) is 26.6 Å². The third-order valence-electron chi connectivity index (χ3n) is 3.79. The van der Waals surface area contributed by atoms with Crippen LogP contribution in [0.4, 0.5) is 0 Å². The molecule has 4 heteroatoms. The average molecular weight is 227 g/mol. The number of rotatable bonds is 3. The average Bonchev–Trinajstić information content (AvgIpc) is 2.62. The molecule has 2 fully saturated rings. The normalized spacial score (nSPS) is 35.8. The van der Waals surface area contributed by atoms with Crippen molar-refractivity contribution in [1.29, 1.82) is 0 Å². The van der Waals surface area contributed by atoms with Crippen molar-refractivity contribution < 1.29 is 14.6 Å². The minimum Gasteiger partial charge on any atom is -0.396 e. The molecule has 92 valence electrons. The smallest absolute Gasteiger partial charge is 0.251 e. The Morgan fingerprint density at radius 2 is 2.00 bits per heavy atom. The van der Waals surface area contributed by atoms with Crippen LogP contribution in [-0.4, -0.2) is 48.3 Å². The van der Waals surface area contributed by atoms with Gasteiger partial charge in [-0.2, -0.15) is 0 Å². The lowest BCUT2D eigenvalue weighted by molar-refractivity contribution is -0.141. The van der Waals surface area contributed by atoms with E-state index in [9.17, 15) is 4.79 Å². The van der Waals surface area contributed by atoms with Gasteiger partial charge in [-0.1, -0.05) is 0 Å². The standard InChI is InChI=1S/C12H21NO3/c1-13-7-6-11(12(13)15)16-10-4-2-9(8-14)3-5-10/h9-11,14H,2-8H2,1H3. The van der Waals surface area contributed by atoms with Gasteiger partial charge in [0.25, 0.3) is 5.91 Å². The molecular formula is C12H21NO3. The zero-order valence-electron chi connectivity index (χ0n) is 9.89. The van der Waals surface area contributed by atoms with Crippen molar-refractivity contribution in [2.45, 2.75) is 44.3 Å². The molecular weight excluding hydrogens is 206 g/mol. The predicted molar refractivity (Wildman–Crippen MR) is 60.0 cm³/mol. The summed E-state index contributed by atoms with van der Waals surface area (Å²) in [7, 11) is 1.83. The van der Waals surface area contributed by atoms with Gasteiger partial charge in [0.2, 0.25) is 0 Å². The van der Waals surface area contributed by atoms with Gasteiger partial charge in [-0.05, 0) is 31.6 Å². The van der Waals surface area contributed by atoms with Gasteiger partial charge in [-0.15, -0.1) is 0 Å². The first-order valence-corrected chi connectivity index (χ1v) is 6.22. The molecule has 1 atom stereocenters. The lowest BCUT2D eigenvalue weighted by Gasteiger charge is -2.28. The molecule has 2 rings (SSSR count). The van der Waals surface area contributed by atoms with Crippen LogP contribution in [0, 0.1) is 5.92 Å². The summed E-state index contributed by atoms with van der Waals surface area (Å²) >= 11 is 0. The highest BCUT2D eigenvalue weighted by Gasteiger charge is 2.33. The highest BCUT2D eigenvalue weighted by Crippen LogP contribution is 2.28. The molecule has 1 heterocycles. The minimum absolute atomic E-state index is 0.129. The van der Waals surface area contributed by atoms with Crippen LogP contribution < -0.4 is 0 Å². The Kier molecular flexibility index (Phi) is 3.82. The molecule has 1 aliphatic heterocycles. The molecule has 0 radical (unpaired) electrons. The van der Waals surface area contributed by atoms with Crippen molar-refractivity contribution >= 4 is 5.91 Å². The Labute approximate surface area is 96.6 Å². The van der Waals surface area contributed by atoms with Gasteiger partial charge in [0.05, 0.1) is 6.10 Å². The number of likely N-dealkylation sites (tertiary alicyclic amines) is 1. The summed E-state index contributed by atoms with van der Waals surface area (Å²) < 4.78 is 5.85. The highest BCUT2D eigenvalue weighted by molar-refractivity contribution is 5.82. The lowest BCUT2D eigenvalue weighted by Crippen LogP contribution is -2.33. The quantitative estimate of drug-likeness (QED) is 0.775. The number of aliphatic hydroxyl groups is 1. The molecule has 1 N–H and O–H groups in total. The molecule has 1 saturated carbocycles. The molecule has 1 aliphatic carbocycles. The van der Waals surface area contributed by atoms with Crippen LogP contribution >= 0.6 is 0 Å².